The van der Waals surface area contributed by atoms with Gasteiger partial charge in [-0.3, -0.25) is 0 Å². The molecule has 0 bridgehead atoms. The van der Waals surface area contributed by atoms with Crippen LogP contribution in [-0.4, -0.2) is 4.57 Å². The van der Waals surface area contributed by atoms with Gasteiger partial charge in [0, 0.05) is 38.9 Å². The summed E-state index contributed by atoms with van der Waals surface area (Å²) in [6.07, 6.45) is 0. The monoisotopic (exact) mass is 804 g/mol. The van der Waals surface area contributed by atoms with Crippen LogP contribution in [0.3, 0.4) is 0 Å². The molecule has 2 heteroatoms. The quantitative estimate of drug-likeness (QED) is 0.156. The number of hydrogen-bond acceptors (Lipinski definition) is 1. The van der Waals surface area contributed by atoms with Gasteiger partial charge in [0.25, 0.3) is 0 Å². The third-order valence-electron chi connectivity index (χ3n) is 13.5. The number of rotatable bonds is 7. The predicted molar refractivity (Wildman–Crippen MR) is 266 cm³/mol. The lowest BCUT2D eigenvalue weighted by atomic mass is 9.73. The molecule has 0 radical (unpaired) electrons. The fourth-order valence-electron chi connectivity index (χ4n) is 10.4. The van der Waals surface area contributed by atoms with Gasteiger partial charge in [0.2, 0.25) is 0 Å². The number of anilines is 3. The van der Waals surface area contributed by atoms with Crippen LogP contribution in [0.1, 0.15) is 29.2 Å². The summed E-state index contributed by atoms with van der Waals surface area (Å²) in [6.45, 7) is 4.57. The summed E-state index contributed by atoms with van der Waals surface area (Å²) in [5, 5.41) is 5.07. The van der Waals surface area contributed by atoms with E-state index in [1.807, 2.05) is 0 Å². The highest BCUT2D eigenvalue weighted by Crippen LogP contribution is 2.56. The van der Waals surface area contributed by atoms with Gasteiger partial charge >= 0.3 is 0 Å². The summed E-state index contributed by atoms with van der Waals surface area (Å²) in [5.41, 5.74) is 19.3. The van der Waals surface area contributed by atoms with E-state index in [0.29, 0.717) is 0 Å². The van der Waals surface area contributed by atoms with Crippen molar-refractivity contribution in [3.05, 3.63) is 253 Å². The smallest absolute Gasteiger partial charge is 0.0541 e. The lowest BCUT2D eigenvalue weighted by Gasteiger charge is -2.31. The van der Waals surface area contributed by atoms with E-state index in [4.69, 9.17) is 0 Å². The minimum Gasteiger partial charge on any atom is -0.310 e. The zero-order chi connectivity index (χ0) is 42.1. The Morgan fingerprint density at radius 1 is 0.397 bits per heavy atom. The van der Waals surface area contributed by atoms with E-state index in [-0.39, 0.29) is 5.41 Å². The second-order valence-electron chi connectivity index (χ2n) is 17.1. The molecule has 0 saturated carbocycles. The van der Waals surface area contributed by atoms with Gasteiger partial charge in [-0.25, -0.2) is 0 Å². The highest BCUT2D eigenvalue weighted by Gasteiger charge is 2.42. The van der Waals surface area contributed by atoms with Crippen LogP contribution >= 0.6 is 0 Å². The van der Waals surface area contributed by atoms with Gasteiger partial charge < -0.3 is 9.47 Å². The maximum atomic E-state index is 2.45. The number of para-hydroxylation sites is 1. The summed E-state index contributed by atoms with van der Waals surface area (Å²) in [7, 11) is 0. The summed E-state index contributed by atoms with van der Waals surface area (Å²) in [5.74, 6) is 0. The van der Waals surface area contributed by atoms with Crippen molar-refractivity contribution in [1.29, 1.82) is 0 Å². The number of aryl methyl sites for hydroxylation is 1. The molecule has 0 aliphatic heterocycles. The van der Waals surface area contributed by atoms with E-state index >= 15 is 0 Å². The molecule has 10 aromatic carbocycles. The van der Waals surface area contributed by atoms with Crippen LogP contribution in [0.2, 0.25) is 0 Å². The van der Waals surface area contributed by atoms with Gasteiger partial charge in [-0.2, -0.15) is 0 Å². The Labute approximate surface area is 368 Å². The molecule has 298 valence electrons. The zero-order valence-corrected chi connectivity index (χ0v) is 35.3. The van der Waals surface area contributed by atoms with Crippen molar-refractivity contribution in [1.82, 2.24) is 4.57 Å². The van der Waals surface area contributed by atoms with Crippen molar-refractivity contribution in [2.24, 2.45) is 0 Å². The van der Waals surface area contributed by atoms with Gasteiger partial charge in [-0.05, 0) is 141 Å². The van der Waals surface area contributed by atoms with Crippen molar-refractivity contribution in [2.75, 3.05) is 4.90 Å². The minimum absolute atomic E-state index is 0.348. The molecule has 0 saturated heterocycles. The van der Waals surface area contributed by atoms with Gasteiger partial charge in [0.1, 0.15) is 0 Å². The normalized spacial score (nSPS) is 14.3. The van der Waals surface area contributed by atoms with Crippen molar-refractivity contribution in [2.45, 2.75) is 19.3 Å². The van der Waals surface area contributed by atoms with E-state index in [9.17, 15) is 0 Å². The molecule has 0 spiro atoms. The van der Waals surface area contributed by atoms with E-state index in [0.717, 1.165) is 22.7 Å². The topological polar surface area (TPSA) is 8.17 Å². The first-order chi connectivity index (χ1) is 31.0. The van der Waals surface area contributed by atoms with Crippen LogP contribution in [0, 0.1) is 6.92 Å². The first-order valence-corrected chi connectivity index (χ1v) is 21.9. The third-order valence-corrected chi connectivity index (χ3v) is 13.5. The SMILES string of the molecule is Cc1ccc(N(c2ccc(-c3ccc4c(c3)c3ccccc3n4-c3ccc(-c4ccccc4)cc3)cc2)c2ccc3c(c2)C(C)(c2ccccc2)c2c-3ccc3ccccc23)cc1. The summed E-state index contributed by atoms with van der Waals surface area (Å²) < 4.78 is 2.39. The minimum atomic E-state index is -0.348. The molecule has 1 unspecified atom stereocenters. The molecule has 1 atom stereocenters. The van der Waals surface area contributed by atoms with Crippen molar-refractivity contribution in [3.8, 4) is 39.1 Å². The first-order valence-electron chi connectivity index (χ1n) is 21.9. The van der Waals surface area contributed by atoms with Crippen LogP contribution in [-0.2, 0) is 5.41 Å². The molecule has 0 amide bonds. The van der Waals surface area contributed by atoms with Crippen LogP contribution in [0.15, 0.2) is 231 Å². The van der Waals surface area contributed by atoms with Crippen LogP contribution in [0.4, 0.5) is 17.1 Å². The van der Waals surface area contributed by atoms with Gasteiger partial charge in [0.15, 0.2) is 0 Å². The lowest BCUT2D eigenvalue weighted by Crippen LogP contribution is -2.23. The maximum Gasteiger partial charge on any atom is 0.0541 e. The molecule has 63 heavy (non-hydrogen) atoms. The number of aromatic nitrogens is 1. The summed E-state index contributed by atoms with van der Waals surface area (Å²) in [6, 6.07) is 84.9. The third kappa shape index (κ3) is 5.94. The molecule has 2 nitrogen and oxygen atoms in total. The van der Waals surface area contributed by atoms with Crippen molar-refractivity contribution >= 4 is 49.6 Å². The van der Waals surface area contributed by atoms with Gasteiger partial charge in [0.05, 0.1) is 11.0 Å². The Bertz CT molecular complexity index is 3490. The standard InChI is InChI=1S/C61H44N2/c1-41-21-29-48(30-22-41)62(51-35-37-53-55-36-27-45-15-9-10-18-52(45)60(55)61(2,57(53)40-51)47-16-7-4-8-17-47)49-31-25-44(26-32-49)46-28-38-59-56(39-46)54-19-11-12-20-58(54)63(59)50-33-23-43(24-34-50)42-13-5-3-6-14-42/h3-40H,1-2H3. The molecule has 1 aliphatic rings. The summed E-state index contributed by atoms with van der Waals surface area (Å²) >= 11 is 0. The van der Waals surface area contributed by atoms with E-state index < -0.39 is 0 Å². The molecule has 11 aromatic rings. The molecule has 1 aliphatic carbocycles. The molecule has 1 heterocycles. The largest absolute Gasteiger partial charge is 0.310 e. The Kier molecular flexibility index (Phi) is 8.55. The molecular weight excluding hydrogens is 761 g/mol. The maximum absolute atomic E-state index is 2.45. The zero-order valence-electron chi connectivity index (χ0n) is 35.3. The highest BCUT2D eigenvalue weighted by atomic mass is 15.1. The molecule has 0 N–H and O–H groups in total. The fourth-order valence-corrected chi connectivity index (χ4v) is 10.4. The second kappa shape index (κ2) is 14.6. The Morgan fingerprint density at radius 2 is 0.952 bits per heavy atom. The second-order valence-corrected chi connectivity index (χ2v) is 17.1. The number of benzene rings is 10. The Hall–Kier alpha value is -7.94. The molecule has 12 rings (SSSR count). The number of hydrogen-bond donors (Lipinski definition) is 0. The number of fused-ring (bicyclic) bond motifs is 8. The van der Waals surface area contributed by atoms with E-state index in [1.54, 1.807) is 0 Å². The average Bonchev–Trinajstić information content (AvgIpc) is 3.82. The van der Waals surface area contributed by atoms with Crippen molar-refractivity contribution in [3.63, 3.8) is 0 Å². The molecular formula is C61H44N2. The van der Waals surface area contributed by atoms with Gasteiger partial charge in [-0.15, -0.1) is 0 Å². The van der Waals surface area contributed by atoms with E-state index in [1.165, 1.54) is 88.2 Å². The Balaban J connectivity index is 0.949. The first kappa shape index (κ1) is 36.9. The highest BCUT2D eigenvalue weighted by molar-refractivity contribution is 6.10. The van der Waals surface area contributed by atoms with E-state index in [2.05, 4.69) is 254 Å². The molecule has 0 fully saturated rings. The van der Waals surface area contributed by atoms with Crippen LogP contribution in [0.25, 0.3) is 71.6 Å². The van der Waals surface area contributed by atoms with Crippen LogP contribution < -0.4 is 4.90 Å². The average molecular weight is 805 g/mol. The predicted octanol–water partition coefficient (Wildman–Crippen LogP) is 16.4. The fraction of sp³-hybridized carbons (Fsp3) is 0.0492. The summed E-state index contributed by atoms with van der Waals surface area (Å²) in [4.78, 5) is 2.41. The molecule has 1 aromatic heterocycles. The Morgan fingerprint density at radius 3 is 1.71 bits per heavy atom. The van der Waals surface area contributed by atoms with Crippen LogP contribution in [0.5, 0.6) is 0 Å². The number of nitrogens with zero attached hydrogens (tertiary/aromatic N) is 2. The van der Waals surface area contributed by atoms with Crippen molar-refractivity contribution < 1.29 is 0 Å². The lowest BCUT2D eigenvalue weighted by molar-refractivity contribution is 0.720. The van der Waals surface area contributed by atoms with Gasteiger partial charge in [-0.1, -0.05) is 169 Å².